The minimum Gasteiger partial charge on any atom is -0.356 e. The number of nitrogens with zero attached hydrogens (tertiary/aromatic N) is 2. The number of halogens is 5. The Kier molecular flexibility index (Phi) is 7.10. The van der Waals surface area contributed by atoms with E-state index in [9.17, 15) is 41.5 Å². The zero-order valence-electron chi connectivity index (χ0n) is 20.0. The van der Waals surface area contributed by atoms with E-state index < -0.39 is 64.3 Å². The van der Waals surface area contributed by atoms with Crippen LogP contribution in [0.2, 0.25) is 0 Å². The molecule has 2 aliphatic heterocycles. The molecular weight excluding hydrogens is 526 g/mol. The molecule has 5 amide bonds. The Balaban J connectivity index is 1.53. The first kappa shape index (κ1) is 27.4. The van der Waals surface area contributed by atoms with E-state index in [0.717, 1.165) is 4.90 Å². The molecule has 2 saturated heterocycles. The molecule has 2 heterocycles. The highest BCUT2D eigenvalue weighted by atomic mass is 35.5. The fourth-order valence-electron chi connectivity index (χ4n) is 5.02. The summed E-state index contributed by atoms with van der Waals surface area (Å²) in [6.07, 6.45) is -2.46. The molecular formula is C22H28ClF4N5O5. The van der Waals surface area contributed by atoms with Crippen molar-refractivity contribution in [3.8, 4) is 0 Å². The van der Waals surface area contributed by atoms with E-state index in [1.165, 1.54) is 0 Å². The molecule has 10 nitrogen and oxygen atoms in total. The lowest BCUT2D eigenvalue weighted by molar-refractivity contribution is -0.175. The number of hydrazine groups is 1. The summed E-state index contributed by atoms with van der Waals surface area (Å²) in [5.41, 5.74) is -1.51. The minimum atomic E-state index is -5.19. The lowest BCUT2D eigenvalue weighted by Crippen LogP contribution is -2.60. The van der Waals surface area contributed by atoms with Crippen molar-refractivity contribution >= 4 is 41.1 Å². The molecule has 2 unspecified atom stereocenters. The summed E-state index contributed by atoms with van der Waals surface area (Å²) < 4.78 is 52.6. The number of amides is 5. The van der Waals surface area contributed by atoms with Crippen LogP contribution in [0.1, 0.15) is 45.4 Å². The van der Waals surface area contributed by atoms with Crippen molar-refractivity contribution in [3.63, 3.8) is 0 Å². The molecule has 0 aromatic rings. The molecule has 0 bridgehead atoms. The van der Waals surface area contributed by atoms with Crippen LogP contribution in [0.25, 0.3) is 0 Å². The normalized spacial score (nSPS) is 26.8. The van der Waals surface area contributed by atoms with E-state index in [0.29, 0.717) is 43.7 Å². The SMILES string of the molecule is CC1(C(NC(=O)C(F)(F)F)C(=O)N2CC3(CC3)C[C@H]2C(=O)NN(C[C@@H]2CCNC2=O)C(=O)C(F)Cl)CC1. The van der Waals surface area contributed by atoms with Crippen LogP contribution < -0.4 is 16.1 Å². The van der Waals surface area contributed by atoms with Gasteiger partial charge in [0.1, 0.15) is 12.1 Å². The van der Waals surface area contributed by atoms with Crippen LogP contribution in [0.15, 0.2) is 0 Å². The largest absolute Gasteiger partial charge is 0.471 e. The lowest BCUT2D eigenvalue weighted by atomic mass is 9.96. The van der Waals surface area contributed by atoms with Gasteiger partial charge in [0.25, 0.3) is 17.4 Å². The maximum atomic E-state index is 13.7. The molecule has 206 valence electrons. The summed E-state index contributed by atoms with van der Waals surface area (Å²) in [5, 5.41) is 4.99. The molecule has 3 N–H and O–H groups in total. The van der Waals surface area contributed by atoms with Crippen LogP contribution in [-0.2, 0) is 24.0 Å². The van der Waals surface area contributed by atoms with Crippen molar-refractivity contribution < 1.29 is 41.5 Å². The van der Waals surface area contributed by atoms with Crippen LogP contribution in [0.5, 0.6) is 0 Å². The number of rotatable bonds is 7. The molecule has 15 heteroatoms. The zero-order valence-corrected chi connectivity index (χ0v) is 20.8. The Morgan fingerprint density at radius 3 is 2.35 bits per heavy atom. The quantitative estimate of drug-likeness (QED) is 0.243. The van der Waals surface area contributed by atoms with Crippen molar-refractivity contribution in [1.82, 2.24) is 26.0 Å². The van der Waals surface area contributed by atoms with Crippen LogP contribution in [-0.4, -0.2) is 83.0 Å². The smallest absolute Gasteiger partial charge is 0.356 e. The highest BCUT2D eigenvalue weighted by molar-refractivity contribution is 6.29. The summed E-state index contributed by atoms with van der Waals surface area (Å²) in [4.78, 5) is 64.0. The second-order valence-corrected chi connectivity index (χ2v) is 11.1. The van der Waals surface area contributed by atoms with E-state index in [4.69, 9.17) is 11.6 Å². The van der Waals surface area contributed by atoms with Crippen molar-refractivity contribution in [2.45, 2.75) is 69.3 Å². The van der Waals surface area contributed by atoms with Gasteiger partial charge >= 0.3 is 12.1 Å². The van der Waals surface area contributed by atoms with Gasteiger partial charge in [-0.1, -0.05) is 18.5 Å². The Labute approximate surface area is 214 Å². The molecule has 0 radical (unpaired) electrons. The predicted octanol–water partition coefficient (Wildman–Crippen LogP) is 0.745. The Morgan fingerprint density at radius 1 is 1.22 bits per heavy atom. The third-order valence-corrected chi connectivity index (χ3v) is 8.02. The van der Waals surface area contributed by atoms with Gasteiger partial charge in [0.15, 0.2) is 0 Å². The van der Waals surface area contributed by atoms with Crippen molar-refractivity contribution in [3.05, 3.63) is 0 Å². The first-order valence-electron chi connectivity index (χ1n) is 12.0. The standard InChI is InChI=1S/C22H28ClF4N5O5/c1-20(3-4-20)13(29-19(37)22(25,26)27)17(35)31-10-21(5-6-21)8-12(31)16(34)30-32(18(36)14(23)24)9-11-2-7-28-15(11)33/h11-14H,2-10H2,1H3,(H,28,33)(H,29,37)(H,30,34)/t11-,12-,13?,14?/m0/s1. The van der Waals surface area contributed by atoms with Gasteiger partial charge in [-0.05, 0) is 49.4 Å². The molecule has 37 heavy (non-hydrogen) atoms. The Morgan fingerprint density at radius 2 is 1.86 bits per heavy atom. The van der Waals surface area contributed by atoms with Gasteiger partial charge in [-0.2, -0.15) is 13.2 Å². The molecule has 4 atom stereocenters. The Bertz CT molecular complexity index is 1000. The van der Waals surface area contributed by atoms with Crippen molar-refractivity contribution in [1.29, 1.82) is 0 Å². The van der Waals surface area contributed by atoms with E-state index in [1.54, 1.807) is 6.92 Å². The predicted molar refractivity (Wildman–Crippen MR) is 119 cm³/mol. The van der Waals surface area contributed by atoms with Crippen molar-refractivity contribution in [2.75, 3.05) is 19.6 Å². The topological polar surface area (TPSA) is 128 Å². The second kappa shape index (κ2) is 9.59. The summed E-state index contributed by atoms with van der Waals surface area (Å²) in [6.45, 7) is 1.67. The van der Waals surface area contributed by atoms with Crippen LogP contribution in [0, 0.1) is 16.7 Å². The molecule has 4 aliphatic rings. The summed E-state index contributed by atoms with van der Waals surface area (Å²) in [5.74, 6) is -6.33. The minimum absolute atomic E-state index is 0.0958. The average Bonchev–Trinajstić information content (AvgIpc) is 3.66. The summed E-state index contributed by atoms with van der Waals surface area (Å²) >= 11 is 5.30. The Hall–Kier alpha value is -2.64. The average molecular weight is 554 g/mol. The van der Waals surface area contributed by atoms with Gasteiger partial charge in [0.05, 0.1) is 12.5 Å². The van der Waals surface area contributed by atoms with Gasteiger partial charge in [-0.15, -0.1) is 0 Å². The highest BCUT2D eigenvalue weighted by Gasteiger charge is 2.59. The van der Waals surface area contributed by atoms with Gasteiger partial charge in [0.2, 0.25) is 11.8 Å². The third-order valence-electron chi connectivity index (χ3n) is 7.83. The molecule has 4 rings (SSSR count). The van der Waals surface area contributed by atoms with Gasteiger partial charge in [0, 0.05) is 13.1 Å². The molecule has 2 aliphatic carbocycles. The maximum absolute atomic E-state index is 13.7. The van der Waals surface area contributed by atoms with E-state index >= 15 is 0 Å². The molecule has 0 aromatic heterocycles. The van der Waals surface area contributed by atoms with Crippen molar-refractivity contribution in [2.24, 2.45) is 16.7 Å². The van der Waals surface area contributed by atoms with E-state index in [2.05, 4.69) is 10.7 Å². The monoisotopic (exact) mass is 553 g/mol. The van der Waals surface area contributed by atoms with Crippen LogP contribution in [0.3, 0.4) is 0 Å². The lowest BCUT2D eigenvalue weighted by Gasteiger charge is -2.33. The van der Waals surface area contributed by atoms with Gasteiger partial charge in [-0.3, -0.25) is 29.4 Å². The highest BCUT2D eigenvalue weighted by Crippen LogP contribution is 2.56. The fourth-order valence-corrected chi connectivity index (χ4v) is 5.13. The zero-order chi connectivity index (χ0) is 27.3. The van der Waals surface area contributed by atoms with Gasteiger partial charge in [-0.25, -0.2) is 9.40 Å². The molecule has 2 saturated carbocycles. The number of carbonyl (C=O) groups is 5. The third kappa shape index (κ3) is 5.78. The number of carbonyl (C=O) groups excluding carboxylic acids is 5. The number of hydrogen-bond acceptors (Lipinski definition) is 5. The summed E-state index contributed by atoms with van der Waals surface area (Å²) in [6, 6.07) is -2.67. The molecule has 1 spiro atoms. The fraction of sp³-hybridized carbons (Fsp3) is 0.773. The number of likely N-dealkylation sites (tertiary alicyclic amines) is 1. The van der Waals surface area contributed by atoms with E-state index in [-0.39, 0.29) is 25.4 Å². The maximum Gasteiger partial charge on any atom is 0.471 e. The number of hydrogen-bond donors (Lipinski definition) is 3. The van der Waals surface area contributed by atoms with Crippen LogP contribution in [0.4, 0.5) is 17.6 Å². The second-order valence-electron chi connectivity index (χ2n) is 10.7. The van der Waals surface area contributed by atoms with E-state index in [1.807, 2.05) is 5.32 Å². The first-order chi connectivity index (χ1) is 17.2. The summed E-state index contributed by atoms with van der Waals surface area (Å²) in [7, 11) is 0. The molecule has 4 fully saturated rings. The van der Waals surface area contributed by atoms with Crippen LogP contribution >= 0.6 is 11.6 Å². The first-order valence-corrected chi connectivity index (χ1v) is 12.5. The number of nitrogens with one attached hydrogen (secondary N) is 3. The number of alkyl halides is 5. The van der Waals surface area contributed by atoms with Gasteiger partial charge < -0.3 is 15.5 Å². The molecule has 0 aromatic carbocycles.